The first-order valence-corrected chi connectivity index (χ1v) is 9.60. The Bertz CT molecular complexity index is 981. The summed E-state index contributed by atoms with van der Waals surface area (Å²) in [6.07, 6.45) is 0. The zero-order chi connectivity index (χ0) is 20.8. The number of carbonyl (C=O) groups excluding carboxylic acids is 1. The number of hydrogen-bond acceptors (Lipinski definition) is 6. The van der Waals surface area contributed by atoms with Gasteiger partial charge >= 0.3 is 0 Å². The predicted octanol–water partition coefficient (Wildman–Crippen LogP) is 2.60. The number of carbonyl (C=O) groups is 1. The number of thioether (sulfide) groups is 1. The van der Waals surface area contributed by atoms with Crippen molar-refractivity contribution in [3.05, 3.63) is 71.6 Å². The minimum atomic E-state index is -0.359. The largest absolute Gasteiger partial charge is 0.486 e. The summed E-state index contributed by atoms with van der Waals surface area (Å²) in [6, 6.07) is 11.9. The van der Waals surface area contributed by atoms with Crippen LogP contribution in [0.25, 0.3) is 0 Å². The fourth-order valence-electron chi connectivity index (χ4n) is 2.39. The van der Waals surface area contributed by atoms with E-state index in [1.165, 1.54) is 39.9 Å². The van der Waals surface area contributed by atoms with Crippen molar-refractivity contribution in [3.8, 4) is 5.75 Å². The molecule has 1 heterocycles. The fourth-order valence-corrected chi connectivity index (χ4v) is 3.21. The molecular formula is C19H19F2N5O2S. The van der Waals surface area contributed by atoms with Gasteiger partial charge in [0.1, 0.15) is 24.0 Å². The number of hydrogen-bond donors (Lipinski definition) is 1. The molecule has 7 nitrogen and oxygen atoms in total. The molecule has 0 bridgehead atoms. The van der Waals surface area contributed by atoms with Crippen LogP contribution in [0.3, 0.4) is 0 Å². The summed E-state index contributed by atoms with van der Waals surface area (Å²) < 4.78 is 33.4. The first-order valence-electron chi connectivity index (χ1n) is 8.62. The van der Waals surface area contributed by atoms with Crippen LogP contribution in [0.2, 0.25) is 0 Å². The average molecular weight is 419 g/mol. The van der Waals surface area contributed by atoms with Crippen LogP contribution in [0, 0.1) is 11.6 Å². The molecule has 2 aromatic carbocycles. The highest BCUT2D eigenvalue weighted by Crippen LogP contribution is 2.18. The van der Waals surface area contributed by atoms with E-state index in [2.05, 4.69) is 10.2 Å². The number of nitrogens with zero attached hydrogens (tertiary/aromatic N) is 4. The molecule has 152 valence electrons. The number of aromatic nitrogens is 3. The van der Waals surface area contributed by atoms with E-state index < -0.39 is 0 Å². The van der Waals surface area contributed by atoms with Gasteiger partial charge in [-0.15, -0.1) is 10.2 Å². The van der Waals surface area contributed by atoms with Crippen molar-refractivity contribution < 1.29 is 18.3 Å². The molecule has 3 rings (SSSR count). The van der Waals surface area contributed by atoms with Gasteiger partial charge in [-0.05, 0) is 30.3 Å². The lowest BCUT2D eigenvalue weighted by atomic mass is 10.2. The van der Waals surface area contributed by atoms with Gasteiger partial charge in [-0.1, -0.05) is 30.0 Å². The zero-order valence-corrected chi connectivity index (χ0v) is 16.4. The average Bonchev–Trinajstić information content (AvgIpc) is 3.07. The molecular weight excluding hydrogens is 400 g/mol. The first kappa shape index (κ1) is 20.6. The van der Waals surface area contributed by atoms with Crippen LogP contribution in [0.4, 0.5) is 8.78 Å². The number of nitrogen functional groups attached to an aromatic ring is 1. The van der Waals surface area contributed by atoms with Gasteiger partial charge in [0.15, 0.2) is 5.82 Å². The fraction of sp³-hybridized carbons (Fsp3) is 0.211. The van der Waals surface area contributed by atoms with Gasteiger partial charge in [-0.3, -0.25) is 4.79 Å². The van der Waals surface area contributed by atoms with Gasteiger partial charge in [-0.25, -0.2) is 13.5 Å². The Morgan fingerprint density at radius 2 is 1.90 bits per heavy atom. The van der Waals surface area contributed by atoms with Gasteiger partial charge in [0.25, 0.3) is 0 Å². The monoisotopic (exact) mass is 419 g/mol. The summed E-state index contributed by atoms with van der Waals surface area (Å²) in [7, 11) is 1.60. The highest BCUT2D eigenvalue weighted by atomic mass is 32.2. The first-order chi connectivity index (χ1) is 13.9. The molecule has 0 saturated heterocycles. The van der Waals surface area contributed by atoms with Gasteiger partial charge in [0.05, 0.1) is 5.75 Å². The van der Waals surface area contributed by atoms with E-state index in [9.17, 15) is 13.6 Å². The van der Waals surface area contributed by atoms with Crippen LogP contribution < -0.4 is 10.6 Å². The van der Waals surface area contributed by atoms with Crippen LogP contribution in [-0.2, 0) is 17.9 Å². The van der Waals surface area contributed by atoms with Crippen LogP contribution >= 0.6 is 11.8 Å². The standard InChI is InChI=1S/C19H19F2N5O2S/c1-25(10-13-4-2-3-5-16(13)21)18(27)12-29-19-24-23-17(26(19)22)11-28-15-8-6-14(20)7-9-15/h2-9H,10-12,22H2,1H3. The van der Waals surface area contributed by atoms with Gasteiger partial charge in [-0.2, -0.15) is 0 Å². The lowest BCUT2D eigenvalue weighted by molar-refractivity contribution is -0.127. The Labute approximate surface area is 170 Å². The minimum Gasteiger partial charge on any atom is -0.486 e. The van der Waals surface area contributed by atoms with E-state index in [1.54, 1.807) is 25.2 Å². The quantitative estimate of drug-likeness (QED) is 0.446. The van der Waals surface area contributed by atoms with Gasteiger partial charge < -0.3 is 15.5 Å². The smallest absolute Gasteiger partial charge is 0.233 e. The molecule has 0 fully saturated rings. The number of nitrogens with two attached hydrogens (primary N) is 1. The lowest BCUT2D eigenvalue weighted by Crippen LogP contribution is -2.28. The molecule has 0 aliphatic heterocycles. The second kappa shape index (κ2) is 9.37. The third kappa shape index (κ3) is 5.44. The maximum atomic E-state index is 13.7. The Morgan fingerprint density at radius 1 is 1.17 bits per heavy atom. The second-order valence-electron chi connectivity index (χ2n) is 6.14. The summed E-state index contributed by atoms with van der Waals surface area (Å²) >= 11 is 1.12. The van der Waals surface area contributed by atoms with Crippen molar-refractivity contribution in [2.75, 3.05) is 18.6 Å². The van der Waals surface area contributed by atoms with Crippen LogP contribution in [0.1, 0.15) is 11.4 Å². The van der Waals surface area contributed by atoms with Gasteiger partial charge in [0.2, 0.25) is 11.1 Å². The molecule has 1 aromatic heterocycles. The topological polar surface area (TPSA) is 86.3 Å². The number of amides is 1. The zero-order valence-electron chi connectivity index (χ0n) is 15.6. The number of halogens is 2. The van der Waals surface area contributed by atoms with E-state index in [0.29, 0.717) is 22.3 Å². The Kier molecular flexibility index (Phi) is 6.65. The van der Waals surface area contributed by atoms with E-state index >= 15 is 0 Å². The van der Waals surface area contributed by atoms with E-state index in [-0.39, 0.29) is 36.4 Å². The number of ether oxygens (including phenoxy) is 1. The maximum absolute atomic E-state index is 13.7. The highest BCUT2D eigenvalue weighted by molar-refractivity contribution is 7.99. The van der Waals surface area contributed by atoms with Crippen LogP contribution in [-0.4, -0.2) is 38.5 Å². The number of benzene rings is 2. The molecule has 10 heteroatoms. The van der Waals surface area contributed by atoms with Crippen molar-refractivity contribution in [3.63, 3.8) is 0 Å². The summed E-state index contributed by atoms with van der Waals surface area (Å²) in [6.45, 7) is 0.203. The molecule has 1 amide bonds. The molecule has 0 saturated carbocycles. The molecule has 0 radical (unpaired) electrons. The molecule has 3 aromatic rings. The number of rotatable bonds is 8. The summed E-state index contributed by atoms with van der Waals surface area (Å²) in [5.74, 6) is 5.92. The van der Waals surface area contributed by atoms with Crippen molar-refractivity contribution in [2.24, 2.45) is 0 Å². The molecule has 0 aliphatic rings. The third-order valence-corrected chi connectivity index (χ3v) is 4.96. The summed E-state index contributed by atoms with van der Waals surface area (Å²) in [4.78, 5) is 13.7. The van der Waals surface area contributed by atoms with Crippen molar-refractivity contribution in [2.45, 2.75) is 18.3 Å². The molecule has 0 unspecified atom stereocenters. The summed E-state index contributed by atoms with van der Waals surface area (Å²) in [5.41, 5.74) is 0.440. The van der Waals surface area contributed by atoms with Crippen LogP contribution in [0.15, 0.2) is 53.7 Å². The Balaban J connectivity index is 1.52. The van der Waals surface area contributed by atoms with E-state index in [1.807, 2.05) is 0 Å². The molecule has 0 spiro atoms. The molecule has 0 atom stereocenters. The molecule has 2 N–H and O–H groups in total. The van der Waals surface area contributed by atoms with Gasteiger partial charge in [0, 0.05) is 19.2 Å². The Morgan fingerprint density at radius 3 is 2.62 bits per heavy atom. The SMILES string of the molecule is CN(Cc1ccccc1F)C(=O)CSc1nnc(COc2ccc(F)cc2)n1N. The normalized spacial score (nSPS) is 10.7. The predicted molar refractivity (Wildman–Crippen MR) is 105 cm³/mol. The summed E-state index contributed by atoms with van der Waals surface area (Å²) in [5, 5.41) is 8.24. The Hall–Kier alpha value is -3.14. The lowest BCUT2D eigenvalue weighted by Gasteiger charge is -2.17. The maximum Gasteiger partial charge on any atom is 0.233 e. The second-order valence-corrected chi connectivity index (χ2v) is 7.08. The van der Waals surface area contributed by atoms with E-state index in [4.69, 9.17) is 10.6 Å². The van der Waals surface area contributed by atoms with Crippen LogP contribution in [0.5, 0.6) is 5.75 Å². The molecule has 29 heavy (non-hydrogen) atoms. The highest BCUT2D eigenvalue weighted by Gasteiger charge is 2.16. The van der Waals surface area contributed by atoms with Crippen molar-refractivity contribution in [1.29, 1.82) is 0 Å². The van der Waals surface area contributed by atoms with Crippen molar-refractivity contribution in [1.82, 2.24) is 19.8 Å². The van der Waals surface area contributed by atoms with Crippen molar-refractivity contribution >= 4 is 17.7 Å². The molecule has 0 aliphatic carbocycles. The van der Waals surface area contributed by atoms with E-state index in [0.717, 1.165) is 11.8 Å². The third-order valence-electron chi connectivity index (χ3n) is 4.03. The minimum absolute atomic E-state index is 0.0385.